The van der Waals surface area contributed by atoms with E-state index in [0.717, 1.165) is 6.42 Å². The highest BCUT2D eigenvalue weighted by molar-refractivity contribution is 7.98. The van der Waals surface area contributed by atoms with Crippen molar-refractivity contribution in [1.82, 2.24) is 0 Å². The second-order valence-electron chi connectivity index (χ2n) is 4.35. The Bertz CT molecular complexity index is 294. The lowest BCUT2D eigenvalue weighted by molar-refractivity contribution is 0.159. The Kier molecular flexibility index (Phi) is 4.02. The van der Waals surface area contributed by atoms with Gasteiger partial charge in [0.15, 0.2) is 0 Å². The van der Waals surface area contributed by atoms with E-state index in [9.17, 15) is 5.11 Å². The average molecular weight is 210 g/mol. The van der Waals surface area contributed by atoms with Gasteiger partial charge in [-0.25, -0.2) is 0 Å². The molecule has 0 aliphatic carbocycles. The zero-order valence-electron chi connectivity index (χ0n) is 9.08. The summed E-state index contributed by atoms with van der Waals surface area (Å²) in [6, 6.07) is 8.51. The van der Waals surface area contributed by atoms with Crippen molar-refractivity contribution < 1.29 is 5.11 Å². The first-order valence-electron chi connectivity index (χ1n) is 4.81. The first-order chi connectivity index (χ1) is 6.57. The van der Waals surface area contributed by atoms with Crippen LogP contribution >= 0.6 is 11.8 Å². The fourth-order valence-electron chi connectivity index (χ4n) is 1.39. The number of aliphatic hydroxyl groups is 1. The lowest BCUT2D eigenvalue weighted by Gasteiger charge is -2.21. The monoisotopic (exact) mass is 210 g/mol. The van der Waals surface area contributed by atoms with Gasteiger partial charge in [0.25, 0.3) is 0 Å². The maximum absolute atomic E-state index is 9.18. The van der Waals surface area contributed by atoms with Crippen LogP contribution in [0.3, 0.4) is 0 Å². The molecule has 14 heavy (non-hydrogen) atoms. The highest BCUT2D eigenvalue weighted by atomic mass is 32.2. The largest absolute Gasteiger partial charge is 0.396 e. The second-order valence-corrected chi connectivity index (χ2v) is 5.23. The molecular formula is C12H18OS. The molecule has 0 bridgehead atoms. The zero-order valence-corrected chi connectivity index (χ0v) is 9.90. The average Bonchev–Trinajstić information content (AvgIpc) is 2.17. The molecule has 0 saturated heterocycles. The molecule has 1 aromatic rings. The molecule has 0 fully saturated rings. The lowest BCUT2D eigenvalue weighted by atomic mass is 9.87. The Labute approximate surface area is 90.5 Å². The van der Waals surface area contributed by atoms with Crippen LogP contribution in [0.2, 0.25) is 0 Å². The van der Waals surface area contributed by atoms with Crippen molar-refractivity contribution in [2.75, 3.05) is 12.9 Å². The van der Waals surface area contributed by atoms with Crippen LogP contribution in [-0.2, 0) is 6.42 Å². The molecule has 0 radical (unpaired) electrons. The minimum Gasteiger partial charge on any atom is -0.396 e. The molecule has 0 saturated carbocycles. The summed E-state index contributed by atoms with van der Waals surface area (Å²) in [6.45, 7) is 4.40. The van der Waals surface area contributed by atoms with E-state index in [2.05, 4.69) is 44.4 Å². The first kappa shape index (κ1) is 11.6. The molecule has 0 atom stereocenters. The Morgan fingerprint density at radius 3 is 2.64 bits per heavy atom. The van der Waals surface area contributed by atoms with Crippen molar-refractivity contribution in [3.63, 3.8) is 0 Å². The standard InChI is InChI=1S/C12H18OS/c1-12(2,9-13)8-10-5-4-6-11(7-10)14-3/h4-7,13H,8-9H2,1-3H3. The van der Waals surface area contributed by atoms with Gasteiger partial charge in [0.2, 0.25) is 0 Å². The van der Waals surface area contributed by atoms with E-state index in [1.807, 2.05) is 0 Å². The molecule has 0 unspecified atom stereocenters. The van der Waals surface area contributed by atoms with Crippen LogP contribution in [0.4, 0.5) is 0 Å². The van der Waals surface area contributed by atoms with E-state index in [1.54, 1.807) is 11.8 Å². The molecule has 0 aliphatic heterocycles. The van der Waals surface area contributed by atoms with Crippen LogP contribution < -0.4 is 0 Å². The van der Waals surface area contributed by atoms with Crippen LogP contribution in [0.25, 0.3) is 0 Å². The summed E-state index contributed by atoms with van der Waals surface area (Å²) in [4.78, 5) is 1.29. The SMILES string of the molecule is CSc1cccc(CC(C)(C)CO)c1. The number of thioether (sulfide) groups is 1. The van der Waals surface area contributed by atoms with Gasteiger partial charge in [-0.3, -0.25) is 0 Å². The number of aliphatic hydroxyl groups excluding tert-OH is 1. The molecule has 1 rings (SSSR count). The van der Waals surface area contributed by atoms with Gasteiger partial charge in [-0.1, -0.05) is 26.0 Å². The number of benzene rings is 1. The third-order valence-electron chi connectivity index (χ3n) is 2.24. The topological polar surface area (TPSA) is 20.2 Å². The maximum atomic E-state index is 9.18. The first-order valence-corrected chi connectivity index (χ1v) is 6.04. The minimum atomic E-state index is -0.0168. The molecule has 1 nitrogen and oxygen atoms in total. The van der Waals surface area contributed by atoms with Gasteiger partial charge in [0.1, 0.15) is 0 Å². The van der Waals surface area contributed by atoms with Gasteiger partial charge in [-0.15, -0.1) is 11.8 Å². The highest BCUT2D eigenvalue weighted by Crippen LogP contribution is 2.23. The normalized spacial score (nSPS) is 11.7. The summed E-state index contributed by atoms with van der Waals surface area (Å²) in [5, 5.41) is 9.18. The summed E-state index contributed by atoms with van der Waals surface area (Å²) in [5.74, 6) is 0. The molecular weight excluding hydrogens is 192 g/mol. The number of hydrogen-bond acceptors (Lipinski definition) is 2. The van der Waals surface area contributed by atoms with Crippen molar-refractivity contribution in [2.24, 2.45) is 5.41 Å². The lowest BCUT2D eigenvalue weighted by Crippen LogP contribution is -2.19. The van der Waals surface area contributed by atoms with E-state index in [1.165, 1.54) is 10.5 Å². The molecule has 2 heteroatoms. The third-order valence-corrected chi connectivity index (χ3v) is 2.97. The molecule has 0 amide bonds. The molecule has 0 aliphatic rings. The summed E-state index contributed by atoms with van der Waals surface area (Å²) < 4.78 is 0. The van der Waals surface area contributed by atoms with Gasteiger partial charge in [0, 0.05) is 11.5 Å². The number of hydrogen-bond donors (Lipinski definition) is 1. The van der Waals surface area contributed by atoms with Crippen LogP contribution in [-0.4, -0.2) is 18.0 Å². The van der Waals surface area contributed by atoms with Gasteiger partial charge >= 0.3 is 0 Å². The van der Waals surface area contributed by atoms with Crippen molar-refractivity contribution in [1.29, 1.82) is 0 Å². The van der Waals surface area contributed by atoms with E-state index < -0.39 is 0 Å². The van der Waals surface area contributed by atoms with E-state index in [-0.39, 0.29) is 12.0 Å². The van der Waals surface area contributed by atoms with E-state index >= 15 is 0 Å². The zero-order chi connectivity index (χ0) is 10.6. The minimum absolute atomic E-state index is 0.0168. The van der Waals surface area contributed by atoms with Crippen LogP contribution in [0.1, 0.15) is 19.4 Å². The summed E-state index contributed by atoms with van der Waals surface area (Å²) in [5.41, 5.74) is 1.28. The van der Waals surface area contributed by atoms with Gasteiger partial charge in [-0.05, 0) is 35.8 Å². The summed E-state index contributed by atoms with van der Waals surface area (Å²) in [7, 11) is 0. The highest BCUT2D eigenvalue weighted by Gasteiger charge is 2.16. The third kappa shape index (κ3) is 3.35. The molecule has 78 valence electrons. The van der Waals surface area contributed by atoms with Gasteiger partial charge in [0.05, 0.1) is 0 Å². The number of rotatable bonds is 4. The maximum Gasteiger partial charge on any atom is 0.0485 e. The van der Waals surface area contributed by atoms with Crippen LogP contribution in [0, 0.1) is 5.41 Å². The van der Waals surface area contributed by atoms with Crippen molar-refractivity contribution >= 4 is 11.8 Å². The fraction of sp³-hybridized carbons (Fsp3) is 0.500. The Morgan fingerprint density at radius 1 is 1.36 bits per heavy atom. The Balaban J connectivity index is 2.76. The van der Waals surface area contributed by atoms with Gasteiger partial charge in [-0.2, -0.15) is 0 Å². The van der Waals surface area contributed by atoms with Gasteiger partial charge < -0.3 is 5.11 Å². The Morgan fingerprint density at radius 2 is 2.07 bits per heavy atom. The quantitative estimate of drug-likeness (QED) is 0.771. The van der Waals surface area contributed by atoms with Crippen molar-refractivity contribution in [3.8, 4) is 0 Å². The molecule has 0 spiro atoms. The van der Waals surface area contributed by atoms with Crippen LogP contribution in [0.15, 0.2) is 29.2 Å². The van der Waals surface area contributed by atoms with E-state index in [4.69, 9.17) is 0 Å². The summed E-state index contributed by atoms with van der Waals surface area (Å²) in [6.07, 6.45) is 3.01. The summed E-state index contributed by atoms with van der Waals surface area (Å²) >= 11 is 1.75. The molecule has 0 aromatic heterocycles. The predicted octanol–water partition coefficient (Wildman–Crippen LogP) is 2.97. The fourth-order valence-corrected chi connectivity index (χ4v) is 1.87. The predicted molar refractivity (Wildman–Crippen MR) is 62.8 cm³/mol. The van der Waals surface area contributed by atoms with Crippen LogP contribution in [0.5, 0.6) is 0 Å². The Hall–Kier alpha value is -0.470. The van der Waals surface area contributed by atoms with Crippen molar-refractivity contribution in [3.05, 3.63) is 29.8 Å². The molecule has 0 heterocycles. The van der Waals surface area contributed by atoms with E-state index in [0.29, 0.717) is 0 Å². The van der Waals surface area contributed by atoms with Crippen molar-refractivity contribution in [2.45, 2.75) is 25.2 Å². The second kappa shape index (κ2) is 4.85. The molecule has 1 aromatic carbocycles. The smallest absolute Gasteiger partial charge is 0.0485 e. The molecule has 1 N–H and O–H groups in total.